The minimum absolute atomic E-state index is 0.0272. The van der Waals surface area contributed by atoms with Crippen molar-refractivity contribution in [1.82, 2.24) is 20.2 Å². The first kappa shape index (κ1) is 21.5. The summed E-state index contributed by atoms with van der Waals surface area (Å²) in [6.45, 7) is 9.43. The van der Waals surface area contributed by atoms with E-state index in [0.717, 1.165) is 24.5 Å². The number of ether oxygens (including phenoxy) is 1. The maximum Gasteiger partial charge on any atom is 0.354 e. The number of nitrogens with two attached hydrogens (primary N) is 1. The van der Waals surface area contributed by atoms with Crippen molar-refractivity contribution in [3.8, 4) is 11.3 Å². The van der Waals surface area contributed by atoms with Crippen molar-refractivity contribution in [3.63, 3.8) is 0 Å². The van der Waals surface area contributed by atoms with E-state index < -0.39 is 11.4 Å². The number of anilines is 1. The molecule has 0 atom stereocenters. The van der Waals surface area contributed by atoms with E-state index in [1.54, 1.807) is 19.3 Å². The maximum absolute atomic E-state index is 12.5. The minimum Gasteiger partial charge on any atom is -0.461 e. The summed E-state index contributed by atoms with van der Waals surface area (Å²) in [5.74, 6) is 0.610. The highest BCUT2D eigenvalue weighted by atomic mass is 16.5. The third-order valence-electron chi connectivity index (χ3n) is 5.41. The Labute approximate surface area is 187 Å². The van der Waals surface area contributed by atoms with Crippen molar-refractivity contribution in [2.24, 2.45) is 11.1 Å². The Balaban J connectivity index is 1.86. The van der Waals surface area contributed by atoms with Gasteiger partial charge in [-0.1, -0.05) is 45.0 Å². The average molecular weight is 433 g/mol. The normalized spacial score (nSPS) is 14.2. The van der Waals surface area contributed by atoms with Crippen LogP contribution in [-0.4, -0.2) is 32.7 Å². The predicted molar refractivity (Wildman–Crippen MR) is 123 cm³/mol. The maximum atomic E-state index is 12.5. The van der Waals surface area contributed by atoms with Gasteiger partial charge in [0.2, 0.25) is 0 Å². The number of allylic oxidation sites excluding steroid dienone is 1. The first-order valence-corrected chi connectivity index (χ1v) is 10.7. The molecule has 0 aliphatic carbocycles. The van der Waals surface area contributed by atoms with Gasteiger partial charge in [0.1, 0.15) is 11.5 Å². The summed E-state index contributed by atoms with van der Waals surface area (Å²) in [6, 6.07) is 10.3. The smallest absolute Gasteiger partial charge is 0.354 e. The van der Waals surface area contributed by atoms with E-state index in [1.165, 1.54) is 11.1 Å². The fraction of sp³-hybridized carbons (Fsp3) is 0.333. The minimum atomic E-state index is -0.565. The highest BCUT2D eigenvalue weighted by Gasteiger charge is 2.30. The molecule has 3 N–H and O–H groups in total. The topological polar surface area (TPSA) is 110 Å². The van der Waals surface area contributed by atoms with Gasteiger partial charge in [-0.05, 0) is 23.5 Å². The molecule has 3 heterocycles. The van der Waals surface area contributed by atoms with E-state index in [-0.39, 0.29) is 12.3 Å². The number of nitrogens with zero attached hydrogens (tertiary/aromatic N) is 4. The Bertz CT molecular complexity index is 1140. The molecular weight excluding hydrogens is 404 g/mol. The summed E-state index contributed by atoms with van der Waals surface area (Å²) in [5, 5.41) is 6.89. The molecule has 1 aromatic carbocycles. The van der Waals surface area contributed by atoms with Crippen molar-refractivity contribution in [1.29, 1.82) is 0 Å². The zero-order valence-corrected chi connectivity index (χ0v) is 18.8. The molecule has 0 amide bonds. The van der Waals surface area contributed by atoms with Gasteiger partial charge in [0.15, 0.2) is 5.82 Å². The molecule has 0 bridgehead atoms. The predicted octanol–water partition coefficient (Wildman–Crippen LogP) is 3.67. The highest BCUT2D eigenvalue weighted by molar-refractivity contribution is 5.97. The standard InChI is InChI=1S/C24H28N6O2/c1-5-32-23(31)21(25)20(24(2,3)4)22-28-18(17-11-26-27-12-17)10-19(29-22)30-13-15-8-6-7-9-16(15)14-30/h6-12H,5,13-14,25H2,1-4H3,(H,26,27). The number of benzene rings is 1. The van der Waals surface area contributed by atoms with E-state index in [9.17, 15) is 4.79 Å². The number of carbonyl (C=O) groups excluding carboxylic acids is 1. The molecule has 4 rings (SSSR count). The third-order valence-corrected chi connectivity index (χ3v) is 5.41. The fourth-order valence-electron chi connectivity index (χ4n) is 3.91. The van der Waals surface area contributed by atoms with Gasteiger partial charge < -0.3 is 15.4 Å². The number of fused-ring (bicyclic) bond motifs is 1. The number of esters is 1. The fourth-order valence-corrected chi connectivity index (χ4v) is 3.91. The zero-order valence-electron chi connectivity index (χ0n) is 18.8. The Morgan fingerprint density at radius 2 is 1.88 bits per heavy atom. The Morgan fingerprint density at radius 1 is 1.19 bits per heavy atom. The molecular formula is C24H28N6O2. The van der Waals surface area contributed by atoms with Crippen LogP contribution in [0.1, 0.15) is 44.6 Å². The van der Waals surface area contributed by atoms with Crippen molar-refractivity contribution in [2.75, 3.05) is 11.5 Å². The number of H-pyrrole nitrogens is 1. The molecule has 8 heteroatoms. The lowest BCUT2D eigenvalue weighted by molar-refractivity contribution is -0.138. The van der Waals surface area contributed by atoms with Gasteiger partial charge in [0.25, 0.3) is 0 Å². The summed E-state index contributed by atoms with van der Waals surface area (Å²) in [7, 11) is 0. The van der Waals surface area contributed by atoms with E-state index in [0.29, 0.717) is 17.1 Å². The summed E-state index contributed by atoms with van der Waals surface area (Å²) < 4.78 is 5.17. The van der Waals surface area contributed by atoms with Crippen LogP contribution >= 0.6 is 0 Å². The molecule has 32 heavy (non-hydrogen) atoms. The van der Waals surface area contributed by atoms with E-state index in [2.05, 4.69) is 27.2 Å². The van der Waals surface area contributed by atoms with Crippen LogP contribution in [0.15, 0.2) is 48.4 Å². The molecule has 0 radical (unpaired) electrons. The highest BCUT2D eigenvalue weighted by Crippen LogP contribution is 2.37. The average Bonchev–Trinajstić information content (AvgIpc) is 3.43. The Kier molecular flexibility index (Phi) is 5.69. The van der Waals surface area contributed by atoms with Crippen LogP contribution in [0.3, 0.4) is 0 Å². The number of nitrogens with one attached hydrogen (secondary N) is 1. The van der Waals surface area contributed by atoms with Gasteiger partial charge in [-0.15, -0.1) is 0 Å². The molecule has 0 unspecified atom stereocenters. The number of hydrogen-bond acceptors (Lipinski definition) is 7. The van der Waals surface area contributed by atoms with Gasteiger partial charge in [-0.3, -0.25) is 5.10 Å². The molecule has 1 aliphatic heterocycles. The first-order valence-electron chi connectivity index (χ1n) is 10.7. The molecule has 0 fully saturated rings. The second kappa shape index (κ2) is 8.45. The van der Waals surface area contributed by atoms with Gasteiger partial charge in [-0.25, -0.2) is 14.8 Å². The lowest BCUT2D eigenvalue weighted by atomic mass is 9.84. The van der Waals surface area contributed by atoms with Gasteiger partial charge in [0, 0.05) is 36.5 Å². The zero-order chi connectivity index (χ0) is 22.9. The van der Waals surface area contributed by atoms with E-state index in [4.69, 9.17) is 20.4 Å². The summed E-state index contributed by atoms with van der Waals surface area (Å²) >= 11 is 0. The number of carbonyl (C=O) groups is 1. The molecule has 2 aromatic heterocycles. The van der Waals surface area contributed by atoms with Crippen LogP contribution in [-0.2, 0) is 22.6 Å². The Hall–Kier alpha value is -3.68. The number of rotatable bonds is 5. The van der Waals surface area contributed by atoms with Crippen molar-refractivity contribution in [3.05, 3.63) is 65.4 Å². The van der Waals surface area contributed by atoms with Crippen LogP contribution in [0.5, 0.6) is 0 Å². The number of aromatic amines is 1. The summed E-state index contributed by atoms with van der Waals surface area (Å²) in [4.78, 5) is 24.4. The molecule has 0 saturated heterocycles. The van der Waals surface area contributed by atoms with Crippen molar-refractivity contribution >= 4 is 17.4 Å². The van der Waals surface area contributed by atoms with Crippen molar-refractivity contribution in [2.45, 2.75) is 40.8 Å². The number of aromatic nitrogens is 4. The molecule has 166 valence electrons. The molecule has 3 aromatic rings. The van der Waals surface area contributed by atoms with Crippen molar-refractivity contribution < 1.29 is 9.53 Å². The third kappa shape index (κ3) is 4.21. The lowest BCUT2D eigenvalue weighted by Crippen LogP contribution is -2.24. The van der Waals surface area contributed by atoms with Crippen LogP contribution in [0.4, 0.5) is 5.82 Å². The lowest BCUT2D eigenvalue weighted by Gasteiger charge is -2.25. The van der Waals surface area contributed by atoms with Crippen LogP contribution < -0.4 is 10.6 Å². The first-order chi connectivity index (χ1) is 15.3. The second-order valence-corrected chi connectivity index (χ2v) is 8.81. The monoisotopic (exact) mass is 432 g/mol. The SMILES string of the molecule is CCOC(=O)C(N)=C(c1nc(-c2cn[nH]c2)cc(N2Cc3ccccc3C2)n1)C(C)(C)C. The quantitative estimate of drug-likeness (QED) is 0.467. The van der Waals surface area contributed by atoms with Gasteiger partial charge >= 0.3 is 5.97 Å². The summed E-state index contributed by atoms with van der Waals surface area (Å²) in [6.07, 6.45) is 3.49. The van der Waals surface area contributed by atoms with E-state index >= 15 is 0 Å². The molecule has 1 aliphatic rings. The largest absolute Gasteiger partial charge is 0.461 e. The summed E-state index contributed by atoms with van der Waals surface area (Å²) in [5.41, 5.74) is 10.5. The van der Waals surface area contributed by atoms with Crippen LogP contribution in [0.25, 0.3) is 16.8 Å². The van der Waals surface area contributed by atoms with Gasteiger partial charge in [0.05, 0.1) is 18.5 Å². The molecule has 8 nitrogen and oxygen atoms in total. The van der Waals surface area contributed by atoms with Crippen LogP contribution in [0.2, 0.25) is 0 Å². The van der Waals surface area contributed by atoms with E-state index in [1.807, 2.05) is 39.0 Å². The number of hydrogen-bond donors (Lipinski definition) is 2. The van der Waals surface area contributed by atoms with Crippen LogP contribution in [0, 0.1) is 5.41 Å². The van der Waals surface area contributed by atoms with Gasteiger partial charge in [-0.2, -0.15) is 5.10 Å². The second-order valence-electron chi connectivity index (χ2n) is 8.81. The molecule has 0 spiro atoms. The molecule has 0 saturated carbocycles. The Morgan fingerprint density at radius 3 is 2.44 bits per heavy atom.